The van der Waals surface area contributed by atoms with E-state index < -0.39 is 12.0 Å². The maximum atomic E-state index is 13.0. The number of benzene rings is 2. The molecular weight excluding hydrogens is 446 g/mol. The number of nitrogens with zero attached hydrogens (tertiary/aromatic N) is 1. The van der Waals surface area contributed by atoms with Crippen molar-refractivity contribution in [3.63, 3.8) is 0 Å². The number of allylic oxidation sites excluding steroid dienone is 1. The lowest BCUT2D eigenvalue weighted by molar-refractivity contribution is -0.143. The molecule has 0 saturated heterocycles. The second-order valence-corrected chi connectivity index (χ2v) is 8.43. The Labute approximate surface area is 198 Å². The molecule has 0 bridgehead atoms. The van der Waals surface area contributed by atoms with Crippen LogP contribution in [0, 0.1) is 0 Å². The number of rotatable bonds is 6. The highest BCUT2D eigenvalue weighted by molar-refractivity contribution is 7.80. The Balaban J connectivity index is 1.96. The van der Waals surface area contributed by atoms with E-state index in [1.54, 1.807) is 30.3 Å². The van der Waals surface area contributed by atoms with Crippen molar-refractivity contribution < 1.29 is 14.3 Å². The van der Waals surface area contributed by atoms with E-state index in [2.05, 4.69) is 10.6 Å². The first kappa shape index (κ1) is 23.8. The van der Waals surface area contributed by atoms with Crippen LogP contribution in [0.1, 0.15) is 49.7 Å². The molecule has 0 fully saturated rings. The fraction of sp³-hybridized carbons (Fsp3) is 0.292. The smallest absolute Gasteiger partial charge is 0.338 e. The largest absolute Gasteiger partial charge is 0.459 e. The van der Waals surface area contributed by atoms with Gasteiger partial charge in [0.1, 0.15) is 0 Å². The minimum Gasteiger partial charge on any atom is -0.459 e. The van der Waals surface area contributed by atoms with Crippen LogP contribution in [0.2, 0.25) is 5.02 Å². The van der Waals surface area contributed by atoms with Crippen molar-refractivity contribution in [1.82, 2.24) is 10.2 Å². The molecule has 8 heteroatoms. The molecule has 1 aliphatic rings. The van der Waals surface area contributed by atoms with Gasteiger partial charge in [0, 0.05) is 17.9 Å². The number of thiocarbonyl (C=S) groups is 1. The predicted molar refractivity (Wildman–Crippen MR) is 131 cm³/mol. The third-order valence-electron chi connectivity index (χ3n) is 5.07. The lowest BCUT2D eigenvalue weighted by atomic mass is 9.94. The standard InChI is InChI=1S/C24H26ClN3O3S/c1-5-28-15(4)20(23(30)31-14(2)3)21(27-24(28)32)16-9-8-10-17(13-16)26-22(29)18-11-6-7-12-19(18)25/h6-14,21H,5H2,1-4H3,(H,26,29)(H,27,32). The van der Waals surface area contributed by atoms with Crippen molar-refractivity contribution in [2.24, 2.45) is 0 Å². The van der Waals surface area contributed by atoms with Crippen LogP contribution in [-0.2, 0) is 9.53 Å². The zero-order valence-electron chi connectivity index (χ0n) is 18.4. The molecule has 32 heavy (non-hydrogen) atoms. The fourth-order valence-electron chi connectivity index (χ4n) is 3.59. The van der Waals surface area contributed by atoms with E-state index in [1.165, 1.54) is 0 Å². The Morgan fingerprint density at radius 2 is 1.94 bits per heavy atom. The molecule has 0 saturated carbocycles. The summed E-state index contributed by atoms with van der Waals surface area (Å²) in [4.78, 5) is 27.5. The molecule has 0 spiro atoms. The van der Waals surface area contributed by atoms with Gasteiger partial charge in [-0.15, -0.1) is 0 Å². The van der Waals surface area contributed by atoms with Crippen molar-refractivity contribution in [2.45, 2.75) is 39.8 Å². The highest BCUT2D eigenvalue weighted by Crippen LogP contribution is 2.33. The van der Waals surface area contributed by atoms with Gasteiger partial charge in [0.25, 0.3) is 5.91 Å². The van der Waals surface area contributed by atoms with E-state index >= 15 is 0 Å². The quantitative estimate of drug-likeness (QED) is 0.453. The maximum absolute atomic E-state index is 13.0. The summed E-state index contributed by atoms with van der Waals surface area (Å²) in [5, 5.41) is 7.03. The van der Waals surface area contributed by atoms with Gasteiger partial charge in [-0.3, -0.25) is 4.79 Å². The number of halogens is 1. The first-order valence-corrected chi connectivity index (χ1v) is 11.2. The molecule has 1 heterocycles. The van der Waals surface area contributed by atoms with Gasteiger partial charge in [-0.05, 0) is 69.7 Å². The van der Waals surface area contributed by atoms with Gasteiger partial charge < -0.3 is 20.3 Å². The monoisotopic (exact) mass is 471 g/mol. The lowest BCUT2D eigenvalue weighted by Gasteiger charge is -2.37. The van der Waals surface area contributed by atoms with Crippen LogP contribution in [0.25, 0.3) is 0 Å². The number of anilines is 1. The van der Waals surface area contributed by atoms with Gasteiger partial charge >= 0.3 is 5.97 Å². The summed E-state index contributed by atoms with van der Waals surface area (Å²) in [5.41, 5.74) is 2.97. The molecule has 168 valence electrons. The van der Waals surface area contributed by atoms with Crippen LogP contribution in [0.5, 0.6) is 0 Å². The van der Waals surface area contributed by atoms with Crippen molar-refractivity contribution in [3.05, 3.63) is 76.0 Å². The van der Waals surface area contributed by atoms with E-state index in [4.69, 9.17) is 28.6 Å². The molecule has 2 aromatic rings. The van der Waals surface area contributed by atoms with Gasteiger partial charge in [-0.25, -0.2) is 4.79 Å². The molecule has 1 aliphatic heterocycles. The summed E-state index contributed by atoms with van der Waals surface area (Å²) >= 11 is 11.7. The molecule has 3 rings (SSSR count). The molecule has 0 aliphatic carbocycles. The van der Waals surface area contributed by atoms with Crippen LogP contribution in [0.4, 0.5) is 5.69 Å². The molecular formula is C24H26ClN3O3S. The van der Waals surface area contributed by atoms with Crippen LogP contribution >= 0.6 is 23.8 Å². The third-order valence-corrected chi connectivity index (χ3v) is 5.74. The molecule has 1 unspecified atom stereocenters. The van der Waals surface area contributed by atoms with E-state index in [0.29, 0.717) is 33.5 Å². The predicted octanol–water partition coefficient (Wildman–Crippen LogP) is 5.07. The van der Waals surface area contributed by atoms with E-state index in [1.807, 2.05) is 50.8 Å². The number of amides is 1. The maximum Gasteiger partial charge on any atom is 0.338 e. The number of hydrogen-bond acceptors (Lipinski definition) is 4. The summed E-state index contributed by atoms with van der Waals surface area (Å²) < 4.78 is 5.51. The second kappa shape index (κ2) is 10.1. The lowest BCUT2D eigenvalue weighted by Crippen LogP contribution is -2.47. The first-order chi connectivity index (χ1) is 15.2. The Morgan fingerprint density at radius 1 is 1.22 bits per heavy atom. The number of esters is 1. The van der Waals surface area contributed by atoms with Gasteiger partial charge in [-0.1, -0.05) is 35.9 Å². The normalized spacial score (nSPS) is 16.1. The SMILES string of the molecule is CCN1C(=S)NC(c2cccc(NC(=O)c3ccccc3Cl)c2)C(C(=O)OC(C)C)=C1C. The minimum atomic E-state index is -0.506. The molecule has 6 nitrogen and oxygen atoms in total. The van der Waals surface area contributed by atoms with E-state index in [-0.39, 0.29) is 12.0 Å². The second-order valence-electron chi connectivity index (χ2n) is 7.64. The molecule has 0 aromatic heterocycles. The number of carbonyl (C=O) groups excluding carboxylic acids is 2. The Kier molecular flexibility index (Phi) is 7.53. The highest BCUT2D eigenvalue weighted by Gasteiger charge is 2.34. The van der Waals surface area contributed by atoms with E-state index in [0.717, 1.165) is 11.3 Å². The Morgan fingerprint density at radius 3 is 2.59 bits per heavy atom. The minimum absolute atomic E-state index is 0.256. The topological polar surface area (TPSA) is 70.7 Å². The molecule has 0 radical (unpaired) electrons. The summed E-state index contributed by atoms with van der Waals surface area (Å²) in [6.45, 7) is 8.08. The van der Waals surface area contributed by atoms with Crippen molar-refractivity contribution in [3.8, 4) is 0 Å². The van der Waals surface area contributed by atoms with Crippen molar-refractivity contribution in [2.75, 3.05) is 11.9 Å². The Bertz CT molecular complexity index is 1080. The highest BCUT2D eigenvalue weighted by atomic mass is 35.5. The number of carbonyl (C=O) groups is 2. The van der Waals surface area contributed by atoms with Crippen LogP contribution in [0.15, 0.2) is 59.8 Å². The zero-order chi connectivity index (χ0) is 23.4. The molecule has 1 amide bonds. The summed E-state index contributed by atoms with van der Waals surface area (Å²) in [6.07, 6.45) is -0.256. The van der Waals surface area contributed by atoms with Crippen molar-refractivity contribution in [1.29, 1.82) is 0 Å². The Hall–Kier alpha value is -2.90. The molecule has 2 aromatic carbocycles. The summed E-state index contributed by atoms with van der Waals surface area (Å²) in [5.74, 6) is -0.718. The van der Waals surface area contributed by atoms with Gasteiger partial charge in [0.2, 0.25) is 0 Å². The summed E-state index contributed by atoms with van der Waals surface area (Å²) in [7, 11) is 0. The van der Waals surface area contributed by atoms with Gasteiger partial charge in [0.05, 0.1) is 28.3 Å². The van der Waals surface area contributed by atoms with Crippen LogP contribution < -0.4 is 10.6 Å². The first-order valence-electron chi connectivity index (χ1n) is 10.4. The third kappa shape index (κ3) is 5.11. The molecule has 2 N–H and O–H groups in total. The van der Waals surface area contributed by atoms with Crippen LogP contribution in [0.3, 0.4) is 0 Å². The number of hydrogen-bond donors (Lipinski definition) is 2. The van der Waals surface area contributed by atoms with Gasteiger partial charge in [-0.2, -0.15) is 0 Å². The number of ether oxygens (including phenoxy) is 1. The summed E-state index contributed by atoms with van der Waals surface area (Å²) in [6, 6.07) is 13.6. The van der Waals surface area contributed by atoms with E-state index in [9.17, 15) is 9.59 Å². The number of nitrogens with one attached hydrogen (secondary N) is 2. The van der Waals surface area contributed by atoms with Gasteiger partial charge in [0.15, 0.2) is 5.11 Å². The fourth-order valence-corrected chi connectivity index (χ4v) is 4.20. The van der Waals surface area contributed by atoms with Crippen LogP contribution in [-0.4, -0.2) is 34.5 Å². The molecule has 1 atom stereocenters. The van der Waals surface area contributed by atoms with Crippen molar-refractivity contribution >= 4 is 46.5 Å². The average Bonchev–Trinajstić information content (AvgIpc) is 2.73. The zero-order valence-corrected chi connectivity index (χ0v) is 20.0. The average molecular weight is 472 g/mol.